The number of nitrogens with one attached hydrogen (secondary N) is 1. The van der Waals surface area contributed by atoms with Crippen molar-refractivity contribution in [3.8, 4) is 0 Å². The second-order valence-corrected chi connectivity index (χ2v) is 10.3. The van der Waals surface area contributed by atoms with Crippen molar-refractivity contribution < 1.29 is 4.79 Å². The molecule has 178 valence electrons. The number of carbonyl (C=O) groups excluding carboxylic acids is 1. The first kappa shape index (κ1) is 22.5. The maximum absolute atomic E-state index is 13.0. The smallest absolute Gasteiger partial charge is 0.279 e. The van der Waals surface area contributed by atoms with Crippen molar-refractivity contribution in [1.29, 1.82) is 0 Å². The summed E-state index contributed by atoms with van der Waals surface area (Å²) in [6, 6.07) is 4.42. The summed E-state index contributed by atoms with van der Waals surface area (Å²) in [5.41, 5.74) is 5.72. The summed E-state index contributed by atoms with van der Waals surface area (Å²) >= 11 is 1.49. The molecule has 10 heteroatoms. The van der Waals surface area contributed by atoms with Gasteiger partial charge in [-0.1, -0.05) is 0 Å². The van der Waals surface area contributed by atoms with E-state index in [2.05, 4.69) is 58.1 Å². The van der Waals surface area contributed by atoms with Crippen molar-refractivity contribution in [2.45, 2.75) is 20.8 Å². The number of thiazole rings is 1. The van der Waals surface area contributed by atoms with E-state index in [1.54, 1.807) is 18.1 Å². The van der Waals surface area contributed by atoms with Crippen LogP contribution in [-0.2, 0) is 0 Å². The number of amides is 1. The molecule has 9 nitrogen and oxygen atoms in total. The zero-order chi connectivity index (χ0) is 24.1. The number of rotatable bonds is 3. The molecule has 1 aromatic carbocycles. The Labute approximate surface area is 204 Å². The molecule has 2 aromatic heterocycles. The second-order valence-electron chi connectivity index (χ2n) is 9.08. The minimum atomic E-state index is -0.153. The number of piperazine rings is 1. The molecule has 3 aromatic rings. The van der Waals surface area contributed by atoms with Crippen LogP contribution < -0.4 is 20.0 Å². The van der Waals surface area contributed by atoms with E-state index < -0.39 is 0 Å². The SMILES string of the molecule is Cc1nc2c(s1)N(C)c1nc(Nc3cc(C)c(N4CCN(C)CC4)cc3C)ncc1N(C)C2=O. The van der Waals surface area contributed by atoms with Gasteiger partial charge in [0.1, 0.15) is 10.7 Å². The third-order valence-corrected chi connectivity index (χ3v) is 7.64. The first-order chi connectivity index (χ1) is 16.2. The molecule has 1 N–H and O–H groups in total. The maximum atomic E-state index is 13.0. The van der Waals surface area contributed by atoms with E-state index in [0.29, 0.717) is 23.1 Å². The fourth-order valence-electron chi connectivity index (χ4n) is 4.50. The van der Waals surface area contributed by atoms with Gasteiger partial charge in [-0.2, -0.15) is 4.98 Å². The summed E-state index contributed by atoms with van der Waals surface area (Å²) in [6.07, 6.45) is 1.70. The molecule has 0 saturated carbocycles. The lowest BCUT2D eigenvalue weighted by atomic mass is 10.1. The first-order valence-corrected chi connectivity index (χ1v) is 12.2. The van der Waals surface area contributed by atoms with Crippen molar-refractivity contribution >= 4 is 51.1 Å². The Balaban J connectivity index is 1.46. The number of benzene rings is 1. The summed E-state index contributed by atoms with van der Waals surface area (Å²) in [4.78, 5) is 35.1. The van der Waals surface area contributed by atoms with Crippen LogP contribution in [0.3, 0.4) is 0 Å². The van der Waals surface area contributed by atoms with Gasteiger partial charge in [-0.3, -0.25) is 4.79 Å². The zero-order valence-corrected chi connectivity index (χ0v) is 21.3. The monoisotopic (exact) mass is 478 g/mol. The maximum Gasteiger partial charge on any atom is 0.279 e. The van der Waals surface area contributed by atoms with Crippen LogP contribution in [-0.4, -0.2) is 73.1 Å². The van der Waals surface area contributed by atoms with Crippen LogP contribution in [0.4, 0.5) is 33.8 Å². The fraction of sp³-hybridized carbons (Fsp3) is 0.417. The molecule has 0 unspecified atom stereocenters. The predicted octanol–water partition coefficient (Wildman–Crippen LogP) is 3.71. The lowest BCUT2D eigenvalue weighted by Crippen LogP contribution is -2.44. The van der Waals surface area contributed by atoms with Crippen LogP contribution in [0.5, 0.6) is 0 Å². The number of aromatic nitrogens is 3. The second kappa shape index (κ2) is 8.52. The molecule has 0 spiro atoms. The van der Waals surface area contributed by atoms with Crippen molar-refractivity contribution in [3.63, 3.8) is 0 Å². The Kier molecular flexibility index (Phi) is 5.65. The molecular formula is C24H30N8OS. The van der Waals surface area contributed by atoms with Crippen LogP contribution in [0, 0.1) is 20.8 Å². The van der Waals surface area contributed by atoms with Crippen molar-refractivity contribution in [1.82, 2.24) is 19.9 Å². The van der Waals surface area contributed by atoms with Gasteiger partial charge in [0.05, 0.1) is 11.2 Å². The van der Waals surface area contributed by atoms with Crippen LogP contribution in [0.15, 0.2) is 18.3 Å². The Bertz CT molecular complexity index is 1260. The van der Waals surface area contributed by atoms with Crippen LogP contribution in [0.1, 0.15) is 26.6 Å². The highest BCUT2D eigenvalue weighted by molar-refractivity contribution is 7.16. The van der Waals surface area contributed by atoms with Gasteiger partial charge in [0.25, 0.3) is 5.91 Å². The number of fused-ring (bicyclic) bond motifs is 2. The molecule has 0 atom stereocenters. The summed E-state index contributed by atoms with van der Waals surface area (Å²) in [6.45, 7) is 10.4. The lowest BCUT2D eigenvalue weighted by molar-refractivity contribution is 0.0990. The highest BCUT2D eigenvalue weighted by atomic mass is 32.1. The lowest BCUT2D eigenvalue weighted by Gasteiger charge is -2.35. The molecule has 0 bridgehead atoms. The molecule has 34 heavy (non-hydrogen) atoms. The van der Waals surface area contributed by atoms with Gasteiger partial charge >= 0.3 is 0 Å². The van der Waals surface area contributed by atoms with Gasteiger partial charge in [0.2, 0.25) is 5.95 Å². The fourth-order valence-corrected chi connectivity index (χ4v) is 5.37. The van der Waals surface area contributed by atoms with Gasteiger partial charge in [-0.15, -0.1) is 11.3 Å². The van der Waals surface area contributed by atoms with Crippen molar-refractivity contribution in [2.24, 2.45) is 0 Å². The summed E-state index contributed by atoms with van der Waals surface area (Å²) in [5.74, 6) is 1.00. The number of carbonyl (C=O) groups is 1. The molecule has 1 amide bonds. The molecule has 1 fully saturated rings. The molecule has 0 aliphatic carbocycles. The standard InChI is InChI=1S/C24H30N8OS/c1-14-12-18(32-9-7-29(4)8-10-32)15(2)11-17(14)27-24-25-13-19-21(28-24)31(6)23-20(22(33)30(19)5)26-16(3)34-23/h11-13H,7-10H2,1-6H3,(H,25,27,28). The zero-order valence-electron chi connectivity index (χ0n) is 20.5. The van der Waals surface area contributed by atoms with Crippen molar-refractivity contribution in [2.75, 3.05) is 67.3 Å². The normalized spacial score (nSPS) is 16.4. The third kappa shape index (κ3) is 3.86. The van der Waals surface area contributed by atoms with E-state index in [1.807, 2.05) is 18.9 Å². The van der Waals surface area contributed by atoms with Gasteiger partial charge in [-0.25, -0.2) is 9.97 Å². The minimum absolute atomic E-state index is 0.153. The topological polar surface area (TPSA) is 80.7 Å². The molecular weight excluding hydrogens is 448 g/mol. The Morgan fingerprint density at radius 2 is 1.65 bits per heavy atom. The number of nitrogens with zero attached hydrogens (tertiary/aromatic N) is 7. The summed E-state index contributed by atoms with van der Waals surface area (Å²) in [5, 5.41) is 5.05. The summed E-state index contributed by atoms with van der Waals surface area (Å²) < 4.78 is 0. The molecule has 0 radical (unpaired) electrons. The van der Waals surface area contributed by atoms with Gasteiger partial charge in [-0.05, 0) is 51.1 Å². The van der Waals surface area contributed by atoms with Crippen molar-refractivity contribution in [3.05, 3.63) is 40.2 Å². The van der Waals surface area contributed by atoms with Gasteiger partial charge in [0, 0.05) is 51.6 Å². The molecule has 2 aliphatic rings. The number of hydrogen-bond acceptors (Lipinski definition) is 9. The third-order valence-electron chi connectivity index (χ3n) is 6.59. The van der Waals surface area contributed by atoms with E-state index in [1.165, 1.54) is 22.6 Å². The van der Waals surface area contributed by atoms with Crippen LogP contribution in [0.2, 0.25) is 0 Å². The van der Waals surface area contributed by atoms with E-state index in [0.717, 1.165) is 47.4 Å². The van der Waals surface area contributed by atoms with E-state index in [9.17, 15) is 4.79 Å². The quantitative estimate of drug-likeness (QED) is 0.610. The number of hydrogen-bond donors (Lipinski definition) is 1. The van der Waals surface area contributed by atoms with E-state index in [4.69, 9.17) is 4.98 Å². The number of aryl methyl sites for hydroxylation is 3. The Morgan fingerprint density at radius 1 is 0.912 bits per heavy atom. The minimum Gasteiger partial charge on any atom is -0.369 e. The van der Waals surface area contributed by atoms with Crippen LogP contribution >= 0.6 is 11.3 Å². The average molecular weight is 479 g/mol. The van der Waals surface area contributed by atoms with E-state index in [-0.39, 0.29) is 5.91 Å². The van der Waals surface area contributed by atoms with Gasteiger partial charge < -0.3 is 24.9 Å². The van der Waals surface area contributed by atoms with E-state index >= 15 is 0 Å². The van der Waals surface area contributed by atoms with Gasteiger partial charge in [0.15, 0.2) is 11.5 Å². The highest BCUT2D eigenvalue weighted by Gasteiger charge is 2.32. The molecule has 1 saturated heterocycles. The predicted molar refractivity (Wildman–Crippen MR) is 139 cm³/mol. The molecule has 5 rings (SSSR count). The largest absolute Gasteiger partial charge is 0.369 e. The molecule has 2 aliphatic heterocycles. The van der Waals surface area contributed by atoms with Crippen LogP contribution in [0.25, 0.3) is 0 Å². The molecule has 4 heterocycles. The average Bonchev–Trinajstić information content (AvgIpc) is 3.19. The highest BCUT2D eigenvalue weighted by Crippen LogP contribution is 2.41. The number of anilines is 6. The Morgan fingerprint density at radius 3 is 2.38 bits per heavy atom. The first-order valence-electron chi connectivity index (χ1n) is 11.4. The number of likely N-dealkylation sites (N-methyl/N-ethyl adjacent to an activating group) is 1. The Hall–Kier alpha value is -3.24. The summed E-state index contributed by atoms with van der Waals surface area (Å²) in [7, 11) is 5.82.